The van der Waals surface area contributed by atoms with Gasteiger partial charge in [-0.3, -0.25) is 4.79 Å². The van der Waals surface area contributed by atoms with Gasteiger partial charge >= 0.3 is 0 Å². The average molecular weight is 282 g/mol. The molecule has 108 valence electrons. The Labute approximate surface area is 123 Å². The number of rotatable bonds is 3. The summed E-state index contributed by atoms with van der Waals surface area (Å²) in [5, 5.41) is 2.99. The first-order valence-electron chi connectivity index (χ1n) is 7.08. The SMILES string of the molecule is Nc1ccc(CNC(=O)C2CCOc3ccccc32)cc1. The van der Waals surface area contributed by atoms with Gasteiger partial charge in [-0.1, -0.05) is 30.3 Å². The molecule has 0 aromatic heterocycles. The lowest BCUT2D eigenvalue weighted by Gasteiger charge is -2.25. The third-order valence-corrected chi connectivity index (χ3v) is 3.72. The van der Waals surface area contributed by atoms with E-state index in [9.17, 15) is 4.79 Å². The van der Waals surface area contributed by atoms with E-state index in [2.05, 4.69) is 5.32 Å². The van der Waals surface area contributed by atoms with Crippen LogP contribution in [0.5, 0.6) is 5.75 Å². The van der Waals surface area contributed by atoms with E-state index in [1.165, 1.54) is 0 Å². The van der Waals surface area contributed by atoms with Gasteiger partial charge in [0.05, 0.1) is 12.5 Å². The monoisotopic (exact) mass is 282 g/mol. The van der Waals surface area contributed by atoms with Crippen molar-refractivity contribution in [3.8, 4) is 5.75 Å². The maximum absolute atomic E-state index is 12.4. The van der Waals surface area contributed by atoms with E-state index in [0.29, 0.717) is 19.6 Å². The summed E-state index contributed by atoms with van der Waals surface area (Å²) in [6.07, 6.45) is 0.713. The first kappa shape index (κ1) is 13.5. The van der Waals surface area contributed by atoms with Crippen LogP contribution in [0.3, 0.4) is 0 Å². The van der Waals surface area contributed by atoms with Crippen LogP contribution in [0.2, 0.25) is 0 Å². The molecule has 0 fully saturated rings. The number of ether oxygens (including phenoxy) is 1. The molecule has 1 unspecified atom stereocenters. The molecule has 1 atom stereocenters. The zero-order valence-corrected chi connectivity index (χ0v) is 11.7. The molecular formula is C17H18N2O2. The molecule has 21 heavy (non-hydrogen) atoms. The van der Waals surface area contributed by atoms with Crippen molar-refractivity contribution < 1.29 is 9.53 Å². The molecule has 1 heterocycles. The fourth-order valence-corrected chi connectivity index (χ4v) is 2.56. The lowest BCUT2D eigenvalue weighted by molar-refractivity contribution is -0.123. The summed E-state index contributed by atoms with van der Waals surface area (Å²) in [5.74, 6) is 0.725. The number of anilines is 1. The van der Waals surface area contributed by atoms with E-state index in [1.54, 1.807) is 0 Å². The average Bonchev–Trinajstić information content (AvgIpc) is 2.53. The van der Waals surface area contributed by atoms with Gasteiger partial charge in [0.25, 0.3) is 0 Å². The molecule has 0 radical (unpaired) electrons. The Balaban J connectivity index is 1.68. The fourth-order valence-electron chi connectivity index (χ4n) is 2.56. The minimum Gasteiger partial charge on any atom is -0.493 e. The lowest BCUT2D eigenvalue weighted by Crippen LogP contribution is -2.32. The summed E-state index contributed by atoms with van der Waals surface area (Å²) in [4.78, 5) is 12.4. The summed E-state index contributed by atoms with van der Waals surface area (Å²) in [5.41, 5.74) is 8.39. The lowest BCUT2D eigenvalue weighted by atomic mass is 9.92. The second-order valence-electron chi connectivity index (χ2n) is 5.19. The molecule has 0 bridgehead atoms. The van der Waals surface area contributed by atoms with Crippen LogP contribution in [0, 0.1) is 0 Å². The molecule has 0 aliphatic carbocycles. The summed E-state index contributed by atoms with van der Waals surface area (Å²) >= 11 is 0. The van der Waals surface area contributed by atoms with Gasteiger partial charge in [-0.15, -0.1) is 0 Å². The van der Waals surface area contributed by atoms with Gasteiger partial charge < -0.3 is 15.8 Å². The van der Waals surface area contributed by atoms with Crippen LogP contribution in [0.1, 0.15) is 23.5 Å². The van der Waals surface area contributed by atoms with E-state index in [-0.39, 0.29) is 11.8 Å². The van der Waals surface area contributed by atoms with E-state index in [1.807, 2.05) is 48.5 Å². The molecule has 4 nitrogen and oxygen atoms in total. The third kappa shape index (κ3) is 2.99. The van der Waals surface area contributed by atoms with E-state index in [0.717, 1.165) is 22.6 Å². The highest BCUT2D eigenvalue weighted by Gasteiger charge is 2.26. The molecule has 1 aliphatic heterocycles. The van der Waals surface area contributed by atoms with Crippen LogP contribution in [0.25, 0.3) is 0 Å². The molecule has 2 aromatic carbocycles. The Morgan fingerprint density at radius 3 is 2.76 bits per heavy atom. The van der Waals surface area contributed by atoms with Crippen molar-refractivity contribution >= 4 is 11.6 Å². The number of hydrogen-bond acceptors (Lipinski definition) is 3. The number of hydrogen-bond donors (Lipinski definition) is 2. The van der Waals surface area contributed by atoms with E-state index < -0.39 is 0 Å². The minimum absolute atomic E-state index is 0.0441. The van der Waals surface area contributed by atoms with Crippen LogP contribution in [-0.4, -0.2) is 12.5 Å². The molecule has 3 rings (SSSR count). The normalized spacial score (nSPS) is 16.7. The highest BCUT2D eigenvalue weighted by atomic mass is 16.5. The largest absolute Gasteiger partial charge is 0.493 e. The highest BCUT2D eigenvalue weighted by Crippen LogP contribution is 2.33. The third-order valence-electron chi connectivity index (χ3n) is 3.72. The summed E-state index contributed by atoms with van der Waals surface area (Å²) in [7, 11) is 0. The number of para-hydroxylation sites is 1. The number of carbonyl (C=O) groups excluding carboxylic acids is 1. The van der Waals surface area contributed by atoms with Gasteiger partial charge in [-0.2, -0.15) is 0 Å². The predicted molar refractivity (Wildman–Crippen MR) is 82.0 cm³/mol. The van der Waals surface area contributed by atoms with Crippen LogP contribution in [-0.2, 0) is 11.3 Å². The zero-order chi connectivity index (χ0) is 14.7. The molecule has 4 heteroatoms. The summed E-state index contributed by atoms with van der Waals surface area (Å²) in [6.45, 7) is 1.09. The van der Waals surface area contributed by atoms with Gasteiger partial charge in [-0.05, 0) is 30.2 Å². The van der Waals surface area contributed by atoms with Gasteiger partial charge in [0.2, 0.25) is 5.91 Å². The molecule has 1 amide bonds. The Morgan fingerprint density at radius 1 is 1.19 bits per heavy atom. The predicted octanol–water partition coefficient (Wildman–Crippen LogP) is 2.45. The minimum atomic E-state index is -0.135. The number of carbonyl (C=O) groups is 1. The molecule has 3 N–H and O–H groups in total. The number of nitrogens with one attached hydrogen (secondary N) is 1. The van der Waals surface area contributed by atoms with Gasteiger partial charge in [0.1, 0.15) is 5.75 Å². The van der Waals surface area contributed by atoms with Gasteiger partial charge in [-0.25, -0.2) is 0 Å². The first-order chi connectivity index (χ1) is 10.2. The number of nitrogen functional groups attached to an aromatic ring is 1. The van der Waals surface area contributed by atoms with Crippen molar-refractivity contribution in [2.24, 2.45) is 0 Å². The number of nitrogens with two attached hydrogens (primary N) is 1. The second kappa shape index (κ2) is 5.87. The van der Waals surface area contributed by atoms with Gasteiger partial charge in [0, 0.05) is 17.8 Å². The molecular weight excluding hydrogens is 264 g/mol. The van der Waals surface area contributed by atoms with Crippen molar-refractivity contribution in [3.05, 3.63) is 59.7 Å². The summed E-state index contributed by atoms with van der Waals surface area (Å²) < 4.78 is 5.59. The van der Waals surface area contributed by atoms with Crippen LogP contribution in [0.15, 0.2) is 48.5 Å². The topological polar surface area (TPSA) is 64.3 Å². The quantitative estimate of drug-likeness (QED) is 0.850. The second-order valence-corrected chi connectivity index (χ2v) is 5.19. The van der Waals surface area contributed by atoms with Crippen molar-refractivity contribution in [2.45, 2.75) is 18.9 Å². The first-order valence-corrected chi connectivity index (χ1v) is 7.08. The molecule has 0 saturated carbocycles. The Hall–Kier alpha value is -2.49. The van der Waals surface area contributed by atoms with Crippen molar-refractivity contribution in [1.29, 1.82) is 0 Å². The highest BCUT2D eigenvalue weighted by molar-refractivity contribution is 5.84. The van der Waals surface area contributed by atoms with Crippen LogP contribution in [0.4, 0.5) is 5.69 Å². The standard InChI is InChI=1S/C17H18N2O2/c18-13-7-5-12(6-8-13)11-19-17(20)15-9-10-21-16-4-2-1-3-14(15)16/h1-8,15H,9-11,18H2,(H,19,20). The Kier molecular flexibility index (Phi) is 3.77. The molecule has 1 aliphatic rings. The van der Waals surface area contributed by atoms with E-state index >= 15 is 0 Å². The van der Waals surface area contributed by atoms with Crippen LogP contribution >= 0.6 is 0 Å². The molecule has 0 saturated heterocycles. The van der Waals surface area contributed by atoms with Gasteiger partial charge in [0.15, 0.2) is 0 Å². The maximum Gasteiger partial charge on any atom is 0.228 e. The number of benzene rings is 2. The summed E-state index contributed by atoms with van der Waals surface area (Å²) in [6, 6.07) is 15.3. The van der Waals surface area contributed by atoms with E-state index in [4.69, 9.17) is 10.5 Å². The zero-order valence-electron chi connectivity index (χ0n) is 11.7. The van der Waals surface area contributed by atoms with Crippen molar-refractivity contribution in [3.63, 3.8) is 0 Å². The Morgan fingerprint density at radius 2 is 1.95 bits per heavy atom. The fraction of sp³-hybridized carbons (Fsp3) is 0.235. The smallest absolute Gasteiger partial charge is 0.228 e. The number of amides is 1. The van der Waals surface area contributed by atoms with Crippen molar-refractivity contribution in [2.75, 3.05) is 12.3 Å². The molecule has 2 aromatic rings. The molecule has 0 spiro atoms. The number of fused-ring (bicyclic) bond motifs is 1. The van der Waals surface area contributed by atoms with Crippen LogP contribution < -0.4 is 15.8 Å². The maximum atomic E-state index is 12.4. The Bertz CT molecular complexity index is 637. The van der Waals surface area contributed by atoms with Crippen molar-refractivity contribution in [1.82, 2.24) is 5.32 Å².